The molecule has 1 amide bonds. The van der Waals surface area contributed by atoms with Gasteiger partial charge >= 0.3 is 0 Å². The Morgan fingerprint density at radius 1 is 1.12 bits per heavy atom. The molecular formula is C20H18N2OS. The molecule has 4 heteroatoms. The van der Waals surface area contributed by atoms with Crippen molar-refractivity contribution in [2.24, 2.45) is 0 Å². The molecule has 0 atom stereocenters. The quantitative estimate of drug-likeness (QED) is 0.676. The van der Waals surface area contributed by atoms with Crippen LogP contribution in [0.25, 0.3) is 17.3 Å². The van der Waals surface area contributed by atoms with Crippen LogP contribution in [-0.2, 0) is 4.79 Å². The van der Waals surface area contributed by atoms with Crippen LogP contribution in [0, 0.1) is 13.8 Å². The van der Waals surface area contributed by atoms with Crippen LogP contribution in [0.2, 0.25) is 0 Å². The molecule has 1 heterocycles. The van der Waals surface area contributed by atoms with Gasteiger partial charge in [0.05, 0.1) is 5.69 Å². The Hall–Kier alpha value is -2.72. The first kappa shape index (κ1) is 16.1. The third-order valence-corrected chi connectivity index (χ3v) is 4.38. The molecule has 0 saturated heterocycles. The highest BCUT2D eigenvalue weighted by molar-refractivity contribution is 7.14. The number of hydrogen-bond donors (Lipinski definition) is 1. The molecule has 0 unspecified atom stereocenters. The number of rotatable bonds is 4. The Bertz CT molecular complexity index is 882. The molecule has 1 aromatic heterocycles. The van der Waals surface area contributed by atoms with Crippen molar-refractivity contribution in [2.45, 2.75) is 13.8 Å². The summed E-state index contributed by atoms with van der Waals surface area (Å²) in [5, 5.41) is 5.39. The number of benzene rings is 2. The topological polar surface area (TPSA) is 42.0 Å². The maximum absolute atomic E-state index is 12.0. The van der Waals surface area contributed by atoms with Crippen molar-refractivity contribution in [3.63, 3.8) is 0 Å². The van der Waals surface area contributed by atoms with Gasteiger partial charge in [-0.15, -0.1) is 11.3 Å². The van der Waals surface area contributed by atoms with E-state index in [9.17, 15) is 4.79 Å². The molecule has 120 valence electrons. The van der Waals surface area contributed by atoms with Gasteiger partial charge in [0.2, 0.25) is 5.91 Å². The van der Waals surface area contributed by atoms with Crippen molar-refractivity contribution in [1.29, 1.82) is 0 Å². The van der Waals surface area contributed by atoms with Gasteiger partial charge in [-0.05, 0) is 31.1 Å². The maximum Gasteiger partial charge on any atom is 0.250 e. The van der Waals surface area contributed by atoms with E-state index in [4.69, 9.17) is 0 Å². The molecule has 0 fully saturated rings. The van der Waals surface area contributed by atoms with Crippen molar-refractivity contribution in [3.8, 4) is 11.3 Å². The highest BCUT2D eigenvalue weighted by Crippen LogP contribution is 2.27. The normalized spacial score (nSPS) is 10.9. The smallest absolute Gasteiger partial charge is 0.250 e. The number of amides is 1. The monoisotopic (exact) mass is 334 g/mol. The van der Waals surface area contributed by atoms with Gasteiger partial charge in [0.1, 0.15) is 0 Å². The Kier molecular flexibility index (Phi) is 4.87. The number of nitrogens with one attached hydrogen (secondary N) is 1. The molecule has 24 heavy (non-hydrogen) atoms. The predicted octanol–water partition coefficient (Wildman–Crippen LogP) is 5.08. The van der Waals surface area contributed by atoms with Crippen molar-refractivity contribution in [1.82, 2.24) is 4.98 Å². The summed E-state index contributed by atoms with van der Waals surface area (Å²) in [6, 6.07) is 16.0. The predicted molar refractivity (Wildman–Crippen MR) is 101 cm³/mol. The molecule has 0 aliphatic carbocycles. The number of hydrogen-bond acceptors (Lipinski definition) is 3. The molecule has 3 rings (SSSR count). The van der Waals surface area contributed by atoms with Gasteiger partial charge in [0, 0.05) is 17.0 Å². The van der Waals surface area contributed by atoms with Crippen molar-refractivity contribution in [2.75, 3.05) is 5.32 Å². The standard InChI is InChI=1S/C20H18N2OS/c1-14-8-10-17(15(2)12-14)18-13-24-20(21-18)22-19(23)11-9-16-6-4-3-5-7-16/h3-13H,1-2H3,(H,21,22,23)/b11-9+. The fraction of sp³-hybridized carbons (Fsp3) is 0.100. The maximum atomic E-state index is 12.0. The second-order valence-electron chi connectivity index (χ2n) is 5.59. The van der Waals surface area contributed by atoms with Crippen molar-refractivity contribution < 1.29 is 4.79 Å². The van der Waals surface area contributed by atoms with E-state index in [1.165, 1.54) is 28.5 Å². The van der Waals surface area contributed by atoms with Gasteiger partial charge in [-0.25, -0.2) is 4.98 Å². The van der Waals surface area contributed by atoms with E-state index in [0.29, 0.717) is 5.13 Å². The number of carbonyl (C=O) groups excluding carboxylic acids is 1. The minimum absolute atomic E-state index is 0.180. The van der Waals surface area contributed by atoms with Crippen LogP contribution < -0.4 is 5.32 Å². The Morgan fingerprint density at radius 3 is 2.67 bits per heavy atom. The summed E-state index contributed by atoms with van der Waals surface area (Å²) in [4.78, 5) is 16.5. The SMILES string of the molecule is Cc1ccc(-c2csc(NC(=O)/C=C/c3ccccc3)n2)c(C)c1. The zero-order valence-electron chi connectivity index (χ0n) is 13.6. The lowest BCUT2D eigenvalue weighted by atomic mass is 10.0. The number of carbonyl (C=O) groups is 1. The number of thiazole rings is 1. The molecule has 3 aromatic rings. The molecule has 3 nitrogen and oxygen atoms in total. The summed E-state index contributed by atoms with van der Waals surface area (Å²) in [5.74, 6) is -0.180. The van der Waals surface area contributed by atoms with Crippen LogP contribution in [0.5, 0.6) is 0 Å². The number of aromatic nitrogens is 1. The van der Waals surface area contributed by atoms with Crippen molar-refractivity contribution >= 4 is 28.5 Å². The second-order valence-corrected chi connectivity index (χ2v) is 6.45. The van der Waals surface area contributed by atoms with Crippen LogP contribution in [0.4, 0.5) is 5.13 Å². The third kappa shape index (κ3) is 3.97. The third-order valence-electron chi connectivity index (χ3n) is 3.62. The molecule has 0 spiro atoms. The summed E-state index contributed by atoms with van der Waals surface area (Å²) in [6.45, 7) is 4.14. The fourth-order valence-corrected chi connectivity index (χ4v) is 3.15. The average Bonchev–Trinajstić information content (AvgIpc) is 3.02. The lowest BCUT2D eigenvalue weighted by Gasteiger charge is -2.03. The first-order valence-corrected chi connectivity index (χ1v) is 8.57. The van der Waals surface area contributed by atoms with Crippen molar-refractivity contribution in [3.05, 3.63) is 76.7 Å². The number of anilines is 1. The van der Waals surface area contributed by atoms with Crippen LogP contribution in [0.1, 0.15) is 16.7 Å². The molecule has 0 saturated carbocycles. The molecule has 0 aliphatic heterocycles. The van der Waals surface area contributed by atoms with E-state index in [0.717, 1.165) is 16.8 Å². The molecule has 1 N–H and O–H groups in total. The summed E-state index contributed by atoms with van der Waals surface area (Å²) in [7, 11) is 0. The highest BCUT2D eigenvalue weighted by Gasteiger charge is 2.08. The van der Waals surface area contributed by atoms with Gasteiger partial charge in [-0.1, -0.05) is 54.1 Å². The summed E-state index contributed by atoms with van der Waals surface area (Å²) < 4.78 is 0. The molecule has 0 aliphatic rings. The Labute approximate surface area is 145 Å². The summed E-state index contributed by atoms with van der Waals surface area (Å²) in [6.07, 6.45) is 3.31. The van der Waals surface area contributed by atoms with Gasteiger partial charge in [0.15, 0.2) is 5.13 Å². The van der Waals surface area contributed by atoms with Crippen LogP contribution in [-0.4, -0.2) is 10.9 Å². The second kappa shape index (κ2) is 7.23. The average molecular weight is 334 g/mol. The van der Waals surface area contributed by atoms with Gasteiger partial charge < -0.3 is 0 Å². The largest absolute Gasteiger partial charge is 0.298 e. The van der Waals surface area contributed by atoms with E-state index < -0.39 is 0 Å². The number of aryl methyl sites for hydroxylation is 2. The van der Waals surface area contributed by atoms with E-state index in [1.54, 1.807) is 6.08 Å². The summed E-state index contributed by atoms with van der Waals surface area (Å²) >= 11 is 1.43. The number of nitrogens with zero attached hydrogens (tertiary/aromatic N) is 1. The van der Waals surface area contributed by atoms with Crippen LogP contribution in [0.3, 0.4) is 0 Å². The molecule has 2 aromatic carbocycles. The minimum Gasteiger partial charge on any atom is -0.298 e. The zero-order valence-corrected chi connectivity index (χ0v) is 14.4. The van der Waals surface area contributed by atoms with E-state index in [2.05, 4.69) is 42.3 Å². The fourth-order valence-electron chi connectivity index (χ4n) is 2.44. The van der Waals surface area contributed by atoms with E-state index in [-0.39, 0.29) is 5.91 Å². The van der Waals surface area contributed by atoms with Gasteiger partial charge in [-0.2, -0.15) is 0 Å². The summed E-state index contributed by atoms with van der Waals surface area (Å²) in [5.41, 5.74) is 5.38. The first-order chi connectivity index (χ1) is 11.6. The zero-order chi connectivity index (χ0) is 16.9. The van der Waals surface area contributed by atoms with E-state index >= 15 is 0 Å². The molecule has 0 bridgehead atoms. The van der Waals surface area contributed by atoms with E-state index in [1.807, 2.05) is 35.7 Å². The first-order valence-electron chi connectivity index (χ1n) is 7.69. The highest BCUT2D eigenvalue weighted by atomic mass is 32.1. The van der Waals surface area contributed by atoms with Crippen LogP contribution in [0.15, 0.2) is 60.0 Å². The van der Waals surface area contributed by atoms with Gasteiger partial charge in [0.25, 0.3) is 0 Å². The van der Waals surface area contributed by atoms with Crippen LogP contribution >= 0.6 is 11.3 Å². The Balaban J connectivity index is 1.70. The molecule has 0 radical (unpaired) electrons. The lowest BCUT2D eigenvalue weighted by molar-refractivity contribution is -0.111. The Morgan fingerprint density at radius 2 is 1.92 bits per heavy atom. The minimum atomic E-state index is -0.180. The lowest BCUT2D eigenvalue weighted by Crippen LogP contribution is -2.07. The molecular weight excluding hydrogens is 316 g/mol. The van der Waals surface area contributed by atoms with Gasteiger partial charge in [-0.3, -0.25) is 10.1 Å².